The Kier molecular flexibility index (Phi) is 7.68. The number of aliphatic imine (C=N–C) groups is 1. The van der Waals surface area contributed by atoms with Crippen molar-refractivity contribution >= 4 is 62.9 Å². The smallest absolute Gasteiger partial charge is 0.308 e. The normalized spacial score (nSPS) is 15.3. The summed E-state index contributed by atoms with van der Waals surface area (Å²) in [6, 6.07) is 15.8. The topological polar surface area (TPSA) is 110 Å². The largest absolute Gasteiger partial charge is 0.464 e. The zero-order valence-electron chi connectivity index (χ0n) is 26.5. The number of aromatic nitrogens is 3. The third-order valence-electron chi connectivity index (χ3n) is 8.75. The van der Waals surface area contributed by atoms with Crippen molar-refractivity contribution in [2.75, 3.05) is 32.1 Å². The standard InChI is InChI=1S/C35H31ClN6O4S/c1-18-19(2)47-35-29(18)31(21-9-11-22(36)12-10-21)37-26(32-39-38-20(3)42(32)35)17-28(43)46-16-15-41-33(44)24-8-6-7-23-27(40(4)5)14-13-25(30(23)24)34(41)45/h6-14,26H,15-17H2,1-5H3. The van der Waals surface area contributed by atoms with Crippen molar-refractivity contribution in [3.8, 4) is 5.00 Å². The molecule has 0 spiro atoms. The lowest BCUT2D eigenvalue weighted by atomic mass is 9.93. The molecule has 1 unspecified atom stereocenters. The second-order valence-electron chi connectivity index (χ2n) is 11.8. The molecule has 7 rings (SSSR count). The number of carbonyl (C=O) groups excluding carboxylic acids is 3. The van der Waals surface area contributed by atoms with E-state index in [1.807, 2.05) is 73.0 Å². The van der Waals surface area contributed by atoms with E-state index in [0.717, 1.165) is 48.3 Å². The predicted molar refractivity (Wildman–Crippen MR) is 182 cm³/mol. The molecule has 10 nitrogen and oxygen atoms in total. The first-order chi connectivity index (χ1) is 22.5. The van der Waals surface area contributed by atoms with Crippen LogP contribution >= 0.6 is 22.9 Å². The highest BCUT2D eigenvalue weighted by molar-refractivity contribution is 7.15. The molecular formula is C35H31ClN6O4S. The van der Waals surface area contributed by atoms with E-state index in [9.17, 15) is 14.4 Å². The summed E-state index contributed by atoms with van der Waals surface area (Å²) in [5, 5.41) is 11.8. The highest BCUT2D eigenvalue weighted by Gasteiger charge is 2.35. The Bertz CT molecular complexity index is 2130. The van der Waals surface area contributed by atoms with Crippen molar-refractivity contribution in [1.29, 1.82) is 0 Å². The van der Waals surface area contributed by atoms with E-state index in [1.165, 1.54) is 0 Å². The van der Waals surface area contributed by atoms with Gasteiger partial charge in [0.15, 0.2) is 5.82 Å². The van der Waals surface area contributed by atoms with Crippen molar-refractivity contribution in [1.82, 2.24) is 19.7 Å². The van der Waals surface area contributed by atoms with Crippen LogP contribution in [0.5, 0.6) is 0 Å². The zero-order chi connectivity index (χ0) is 33.1. The van der Waals surface area contributed by atoms with E-state index < -0.39 is 23.8 Å². The number of hydrogen-bond acceptors (Lipinski definition) is 9. The summed E-state index contributed by atoms with van der Waals surface area (Å²) in [5.41, 5.74) is 5.46. The molecular weight excluding hydrogens is 636 g/mol. The number of nitrogens with zero attached hydrogens (tertiary/aromatic N) is 6. The molecule has 4 heterocycles. The van der Waals surface area contributed by atoms with E-state index in [1.54, 1.807) is 23.5 Å². The number of rotatable bonds is 7. The van der Waals surface area contributed by atoms with E-state index in [4.69, 9.17) is 21.3 Å². The Morgan fingerprint density at radius 3 is 2.43 bits per heavy atom. The second-order valence-corrected chi connectivity index (χ2v) is 13.5. The van der Waals surface area contributed by atoms with Gasteiger partial charge in [-0.1, -0.05) is 35.9 Å². The highest BCUT2D eigenvalue weighted by atomic mass is 35.5. The molecule has 3 aromatic carbocycles. The lowest BCUT2D eigenvalue weighted by Crippen LogP contribution is -2.42. The van der Waals surface area contributed by atoms with Gasteiger partial charge < -0.3 is 9.64 Å². The summed E-state index contributed by atoms with van der Waals surface area (Å²) >= 11 is 7.84. The van der Waals surface area contributed by atoms with Crippen LogP contribution in [-0.2, 0) is 9.53 Å². The van der Waals surface area contributed by atoms with Crippen LogP contribution in [0.25, 0.3) is 15.8 Å². The van der Waals surface area contributed by atoms with Gasteiger partial charge in [0.1, 0.15) is 23.5 Å². The minimum atomic E-state index is -0.692. The quantitative estimate of drug-likeness (QED) is 0.149. The molecule has 47 heavy (non-hydrogen) atoms. The number of anilines is 1. The van der Waals surface area contributed by atoms with Gasteiger partial charge in [-0.15, -0.1) is 21.5 Å². The Morgan fingerprint density at radius 2 is 1.70 bits per heavy atom. The molecule has 1 atom stereocenters. The lowest BCUT2D eigenvalue weighted by molar-refractivity contribution is -0.144. The summed E-state index contributed by atoms with van der Waals surface area (Å²) in [6.45, 7) is 5.77. The van der Waals surface area contributed by atoms with Crippen LogP contribution in [0, 0.1) is 20.8 Å². The number of amides is 2. The number of benzene rings is 3. The summed E-state index contributed by atoms with van der Waals surface area (Å²) in [5.74, 6) is -0.143. The number of thiophene rings is 1. The maximum absolute atomic E-state index is 13.5. The molecule has 0 aliphatic carbocycles. The van der Waals surface area contributed by atoms with Crippen LogP contribution in [0.1, 0.15) is 66.4 Å². The second kappa shape index (κ2) is 11.7. The van der Waals surface area contributed by atoms with Gasteiger partial charge >= 0.3 is 5.97 Å². The molecule has 0 N–H and O–H groups in total. The van der Waals surface area contributed by atoms with Crippen LogP contribution in [0.15, 0.2) is 59.6 Å². The van der Waals surface area contributed by atoms with Gasteiger partial charge in [-0.2, -0.15) is 0 Å². The van der Waals surface area contributed by atoms with Gasteiger partial charge in [-0.25, -0.2) is 0 Å². The first kappa shape index (κ1) is 30.8. The molecule has 12 heteroatoms. The molecule has 0 radical (unpaired) electrons. The fourth-order valence-corrected chi connectivity index (χ4v) is 7.66. The number of esters is 1. The monoisotopic (exact) mass is 666 g/mol. The molecule has 0 saturated carbocycles. The number of halogens is 1. The number of carbonyl (C=O) groups is 3. The average molecular weight is 667 g/mol. The Morgan fingerprint density at radius 1 is 0.979 bits per heavy atom. The predicted octanol–water partition coefficient (Wildman–Crippen LogP) is 6.25. The van der Waals surface area contributed by atoms with Gasteiger partial charge in [0.25, 0.3) is 11.8 Å². The molecule has 5 aromatic rings. The summed E-state index contributed by atoms with van der Waals surface area (Å²) in [4.78, 5) is 49.7. The maximum atomic E-state index is 13.5. The number of ether oxygens (including phenoxy) is 1. The molecule has 2 aliphatic rings. The lowest BCUT2D eigenvalue weighted by Gasteiger charge is -2.28. The van der Waals surface area contributed by atoms with Crippen molar-refractivity contribution < 1.29 is 19.1 Å². The van der Waals surface area contributed by atoms with Crippen molar-refractivity contribution in [3.05, 3.63) is 104 Å². The zero-order valence-corrected chi connectivity index (χ0v) is 28.1. The Labute approximate surface area is 280 Å². The first-order valence-electron chi connectivity index (χ1n) is 15.2. The third kappa shape index (κ3) is 5.10. The Balaban J connectivity index is 1.14. The summed E-state index contributed by atoms with van der Waals surface area (Å²) < 4.78 is 7.61. The molecule has 0 bridgehead atoms. The maximum Gasteiger partial charge on any atom is 0.308 e. The van der Waals surface area contributed by atoms with E-state index in [-0.39, 0.29) is 19.6 Å². The van der Waals surface area contributed by atoms with Crippen LogP contribution in [-0.4, -0.2) is 70.4 Å². The van der Waals surface area contributed by atoms with Crippen LogP contribution in [0.4, 0.5) is 5.69 Å². The van der Waals surface area contributed by atoms with Gasteiger partial charge in [-0.3, -0.25) is 28.8 Å². The van der Waals surface area contributed by atoms with Crippen LogP contribution in [0.3, 0.4) is 0 Å². The number of aryl methyl sites for hydroxylation is 2. The molecule has 2 aliphatic heterocycles. The molecule has 2 amide bonds. The van der Waals surface area contributed by atoms with Crippen molar-refractivity contribution in [2.24, 2.45) is 4.99 Å². The average Bonchev–Trinajstić information content (AvgIpc) is 3.53. The number of fused-ring (bicyclic) bond motifs is 3. The number of hydrogen-bond donors (Lipinski definition) is 0. The minimum absolute atomic E-state index is 0.0797. The van der Waals surface area contributed by atoms with Gasteiger partial charge in [0.2, 0.25) is 0 Å². The third-order valence-corrected chi connectivity index (χ3v) is 10.2. The van der Waals surface area contributed by atoms with Crippen LogP contribution in [0.2, 0.25) is 5.02 Å². The number of imide groups is 1. The van der Waals surface area contributed by atoms with E-state index in [0.29, 0.717) is 33.2 Å². The first-order valence-corrected chi connectivity index (χ1v) is 16.4. The molecule has 238 valence electrons. The highest BCUT2D eigenvalue weighted by Crippen LogP contribution is 2.40. The summed E-state index contributed by atoms with van der Waals surface area (Å²) in [7, 11) is 3.84. The fourth-order valence-electron chi connectivity index (χ4n) is 6.32. The van der Waals surface area contributed by atoms with E-state index >= 15 is 0 Å². The van der Waals surface area contributed by atoms with Crippen molar-refractivity contribution in [2.45, 2.75) is 33.2 Å². The minimum Gasteiger partial charge on any atom is -0.464 e. The van der Waals surface area contributed by atoms with Gasteiger partial charge in [-0.05, 0) is 56.7 Å². The molecule has 2 aromatic heterocycles. The van der Waals surface area contributed by atoms with Crippen LogP contribution < -0.4 is 4.90 Å². The van der Waals surface area contributed by atoms with E-state index in [2.05, 4.69) is 24.0 Å². The fraction of sp³-hybridized carbons (Fsp3) is 0.257. The molecule has 0 fully saturated rings. The van der Waals surface area contributed by atoms with Gasteiger partial charge in [0.05, 0.1) is 18.7 Å². The SMILES string of the molecule is Cc1sc2c(c1C)C(c1ccc(Cl)cc1)=NC(CC(=O)OCCN1C(=O)c3cccc4c(N(C)C)ccc(c34)C1=O)c1nnc(C)n1-2. The molecule has 0 saturated heterocycles. The van der Waals surface area contributed by atoms with Gasteiger partial charge in [0, 0.05) is 62.7 Å². The van der Waals surface area contributed by atoms with Crippen molar-refractivity contribution in [3.63, 3.8) is 0 Å². The Hall–Kier alpha value is -4.87. The summed E-state index contributed by atoms with van der Waals surface area (Å²) in [6.07, 6.45) is -0.112.